The van der Waals surface area contributed by atoms with E-state index in [-0.39, 0.29) is 17.1 Å². The normalized spacial score (nSPS) is 12.5. The second-order valence-corrected chi connectivity index (χ2v) is 9.92. The van der Waals surface area contributed by atoms with Crippen molar-refractivity contribution in [2.24, 2.45) is 0 Å². The van der Waals surface area contributed by atoms with E-state index >= 15 is 0 Å². The van der Waals surface area contributed by atoms with E-state index in [9.17, 15) is 31.2 Å². The van der Waals surface area contributed by atoms with Gasteiger partial charge in [0.05, 0.1) is 16.8 Å². The number of carbonyl (C=O) groups is 2. The maximum absolute atomic E-state index is 13.0. The summed E-state index contributed by atoms with van der Waals surface area (Å²) in [6, 6.07) is 11.4. The molecular weight excluding hydrogens is 521 g/mol. The maximum Gasteiger partial charge on any atom is 0.417 e. The average Bonchev–Trinajstić information content (AvgIpc) is 2.79. The molecule has 8 nitrogen and oxygen atoms in total. The fraction of sp³-hybridized carbons (Fsp3) is 0.174. The first kappa shape index (κ1) is 27.0. The highest BCUT2D eigenvalue weighted by atomic mass is 35.5. The van der Waals surface area contributed by atoms with Gasteiger partial charge in [0, 0.05) is 23.0 Å². The quantitative estimate of drug-likeness (QED) is 0.406. The van der Waals surface area contributed by atoms with E-state index in [0.29, 0.717) is 17.2 Å². The average molecular weight is 541 g/mol. The number of benzene rings is 2. The van der Waals surface area contributed by atoms with Crippen LogP contribution in [0.5, 0.6) is 0 Å². The van der Waals surface area contributed by atoms with E-state index in [4.69, 9.17) is 11.6 Å². The number of amides is 2. The van der Waals surface area contributed by atoms with Crippen molar-refractivity contribution >= 4 is 44.9 Å². The SMILES string of the molecule is C[C@H](NC(=O)c1cccc(-c2ccc(NS(C)(=O)=O)nc2)c1)C(=O)Nc1ccc(Cl)c(C(F)(F)F)c1. The van der Waals surface area contributed by atoms with Gasteiger partial charge in [-0.05, 0) is 55.0 Å². The Morgan fingerprint density at radius 1 is 1.03 bits per heavy atom. The number of anilines is 2. The lowest BCUT2D eigenvalue weighted by Crippen LogP contribution is -2.41. The standard InChI is InChI=1S/C23H20ClF3N4O4S/c1-13(21(32)30-17-7-8-19(24)18(11-17)23(25,26)27)29-22(33)15-5-3-4-14(10-15)16-6-9-20(28-12-16)31-36(2,34)35/h3-13H,1-2H3,(H,28,31)(H,29,33)(H,30,32)/t13-/m0/s1. The lowest BCUT2D eigenvalue weighted by atomic mass is 10.0. The zero-order chi connectivity index (χ0) is 26.7. The molecule has 3 rings (SSSR count). The summed E-state index contributed by atoms with van der Waals surface area (Å²) >= 11 is 5.59. The van der Waals surface area contributed by atoms with Gasteiger partial charge < -0.3 is 10.6 Å². The summed E-state index contributed by atoms with van der Waals surface area (Å²) in [4.78, 5) is 29.2. The van der Waals surface area contributed by atoms with Gasteiger partial charge in [-0.2, -0.15) is 13.2 Å². The highest BCUT2D eigenvalue weighted by molar-refractivity contribution is 7.92. The van der Waals surface area contributed by atoms with E-state index in [0.717, 1.165) is 12.3 Å². The predicted octanol–water partition coefficient (Wildman–Crippen LogP) is 4.55. The number of sulfonamides is 1. The molecule has 1 aromatic heterocycles. The molecule has 190 valence electrons. The van der Waals surface area contributed by atoms with Crippen LogP contribution in [0.25, 0.3) is 11.1 Å². The minimum Gasteiger partial charge on any atom is -0.341 e. The lowest BCUT2D eigenvalue weighted by Gasteiger charge is -2.16. The van der Waals surface area contributed by atoms with Crippen molar-refractivity contribution in [1.82, 2.24) is 10.3 Å². The fourth-order valence-corrected chi connectivity index (χ4v) is 3.80. The number of nitrogens with zero attached hydrogens (tertiary/aromatic N) is 1. The summed E-state index contributed by atoms with van der Waals surface area (Å²) in [5.41, 5.74) is 0.222. The molecule has 3 N–H and O–H groups in total. The Kier molecular flexibility index (Phi) is 7.89. The Morgan fingerprint density at radius 2 is 1.75 bits per heavy atom. The largest absolute Gasteiger partial charge is 0.417 e. The van der Waals surface area contributed by atoms with Crippen LogP contribution >= 0.6 is 11.6 Å². The molecule has 0 aliphatic carbocycles. The molecule has 1 atom stereocenters. The molecule has 0 fully saturated rings. The van der Waals surface area contributed by atoms with Gasteiger partial charge in [0.25, 0.3) is 5.91 Å². The molecule has 0 radical (unpaired) electrons. The summed E-state index contributed by atoms with van der Waals surface area (Å²) in [7, 11) is -3.48. The molecule has 13 heteroatoms. The van der Waals surface area contributed by atoms with Crippen molar-refractivity contribution in [2.75, 3.05) is 16.3 Å². The number of alkyl halides is 3. The molecule has 0 saturated heterocycles. The molecule has 0 unspecified atom stereocenters. The third-order valence-electron chi connectivity index (χ3n) is 4.79. The van der Waals surface area contributed by atoms with Crippen molar-refractivity contribution in [3.8, 4) is 11.1 Å². The second-order valence-electron chi connectivity index (χ2n) is 7.76. The summed E-state index contributed by atoms with van der Waals surface area (Å²) in [5.74, 6) is -1.18. The highest BCUT2D eigenvalue weighted by Gasteiger charge is 2.33. The Balaban J connectivity index is 1.68. The number of nitrogens with one attached hydrogen (secondary N) is 3. The molecule has 0 aliphatic rings. The number of aromatic nitrogens is 1. The molecule has 0 saturated carbocycles. The van der Waals surface area contributed by atoms with Crippen molar-refractivity contribution < 1.29 is 31.2 Å². The van der Waals surface area contributed by atoms with Crippen LogP contribution in [0.2, 0.25) is 5.02 Å². The maximum atomic E-state index is 13.0. The van der Waals surface area contributed by atoms with Crippen LogP contribution in [-0.4, -0.2) is 37.5 Å². The first-order chi connectivity index (χ1) is 16.7. The van der Waals surface area contributed by atoms with E-state index in [1.54, 1.807) is 24.3 Å². The van der Waals surface area contributed by atoms with Crippen molar-refractivity contribution in [2.45, 2.75) is 19.1 Å². The van der Waals surface area contributed by atoms with Gasteiger partial charge in [0.1, 0.15) is 11.9 Å². The lowest BCUT2D eigenvalue weighted by molar-refractivity contribution is -0.137. The van der Waals surface area contributed by atoms with Crippen LogP contribution in [0.15, 0.2) is 60.8 Å². The van der Waals surface area contributed by atoms with Gasteiger partial charge in [0.15, 0.2) is 0 Å². The fourth-order valence-electron chi connectivity index (χ4n) is 3.07. The van der Waals surface area contributed by atoms with E-state index in [2.05, 4.69) is 20.3 Å². The Bertz CT molecular complexity index is 1400. The predicted molar refractivity (Wildman–Crippen MR) is 130 cm³/mol. The zero-order valence-electron chi connectivity index (χ0n) is 18.9. The van der Waals surface area contributed by atoms with Gasteiger partial charge in [0.2, 0.25) is 15.9 Å². The monoisotopic (exact) mass is 540 g/mol. The number of hydrogen-bond donors (Lipinski definition) is 3. The van der Waals surface area contributed by atoms with Crippen LogP contribution < -0.4 is 15.4 Å². The Morgan fingerprint density at radius 3 is 2.36 bits per heavy atom. The molecule has 2 amide bonds. The zero-order valence-corrected chi connectivity index (χ0v) is 20.4. The molecule has 0 bridgehead atoms. The van der Waals surface area contributed by atoms with Gasteiger partial charge in [-0.25, -0.2) is 13.4 Å². The second kappa shape index (κ2) is 10.5. The number of carbonyl (C=O) groups excluding carboxylic acids is 2. The molecule has 2 aromatic carbocycles. The number of halogens is 4. The Labute approximate surface area is 209 Å². The van der Waals surface area contributed by atoms with Crippen LogP contribution in [0.4, 0.5) is 24.7 Å². The summed E-state index contributed by atoms with van der Waals surface area (Å²) in [6.07, 6.45) is -2.26. The number of rotatable bonds is 7. The van der Waals surface area contributed by atoms with Gasteiger partial charge >= 0.3 is 6.18 Å². The molecule has 36 heavy (non-hydrogen) atoms. The number of hydrogen-bond acceptors (Lipinski definition) is 5. The van der Waals surface area contributed by atoms with Crippen LogP contribution in [-0.2, 0) is 21.0 Å². The van der Waals surface area contributed by atoms with Gasteiger partial charge in [-0.15, -0.1) is 0 Å². The van der Waals surface area contributed by atoms with Crippen molar-refractivity contribution in [1.29, 1.82) is 0 Å². The molecule has 3 aromatic rings. The molecular formula is C23H20ClF3N4O4S. The molecule has 0 spiro atoms. The molecule has 0 aliphatic heterocycles. The smallest absolute Gasteiger partial charge is 0.341 e. The van der Waals surface area contributed by atoms with E-state index in [1.807, 2.05) is 0 Å². The highest BCUT2D eigenvalue weighted by Crippen LogP contribution is 2.36. The summed E-state index contributed by atoms with van der Waals surface area (Å²) in [6.45, 7) is 1.38. The van der Waals surface area contributed by atoms with Crippen molar-refractivity contribution in [3.63, 3.8) is 0 Å². The topological polar surface area (TPSA) is 117 Å². The minimum atomic E-state index is -4.69. The van der Waals surface area contributed by atoms with E-state index in [1.165, 1.54) is 31.3 Å². The first-order valence-electron chi connectivity index (χ1n) is 10.3. The van der Waals surface area contributed by atoms with Gasteiger partial charge in [-0.3, -0.25) is 14.3 Å². The van der Waals surface area contributed by atoms with E-state index < -0.39 is 44.6 Å². The summed E-state index contributed by atoms with van der Waals surface area (Å²) in [5, 5.41) is 4.32. The summed E-state index contributed by atoms with van der Waals surface area (Å²) < 4.78 is 64.0. The first-order valence-corrected chi connectivity index (χ1v) is 12.5. The minimum absolute atomic E-state index is 0.124. The van der Waals surface area contributed by atoms with Crippen LogP contribution in [0.3, 0.4) is 0 Å². The van der Waals surface area contributed by atoms with Crippen molar-refractivity contribution in [3.05, 3.63) is 76.9 Å². The van der Waals surface area contributed by atoms with Crippen LogP contribution in [0, 0.1) is 0 Å². The number of pyridine rings is 1. The molecule has 1 heterocycles. The van der Waals surface area contributed by atoms with Gasteiger partial charge in [-0.1, -0.05) is 23.7 Å². The third-order valence-corrected chi connectivity index (χ3v) is 5.70. The third kappa shape index (κ3) is 7.18. The van der Waals surface area contributed by atoms with Crippen LogP contribution in [0.1, 0.15) is 22.8 Å². The Hall–Kier alpha value is -3.64.